The van der Waals surface area contributed by atoms with Crippen molar-refractivity contribution in [1.82, 2.24) is 5.32 Å². The van der Waals surface area contributed by atoms with E-state index in [9.17, 15) is 0 Å². The second-order valence-electron chi connectivity index (χ2n) is 6.30. The van der Waals surface area contributed by atoms with Gasteiger partial charge in [0.25, 0.3) is 0 Å². The lowest BCUT2D eigenvalue weighted by atomic mass is 9.76. The molecule has 17 heavy (non-hydrogen) atoms. The Morgan fingerprint density at radius 2 is 2.29 bits per heavy atom. The third-order valence-corrected chi connectivity index (χ3v) is 5.74. The average molecular weight is 257 g/mol. The number of thioether (sulfide) groups is 1. The van der Waals surface area contributed by atoms with Gasteiger partial charge in [-0.05, 0) is 30.4 Å². The molecule has 2 saturated heterocycles. The molecule has 3 heteroatoms. The molecule has 0 aromatic heterocycles. The van der Waals surface area contributed by atoms with Crippen LogP contribution < -0.4 is 5.32 Å². The predicted octanol–water partition coefficient (Wildman–Crippen LogP) is 3.07. The van der Waals surface area contributed by atoms with Crippen LogP contribution in [0.2, 0.25) is 0 Å². The summed E-state index contributed by atoms with van der Waals surface area (Å²) in [4.78, 5) is 0. The van der Waals surface area contributed by atoms with E-state index in [-0.39, 0.29) is 5.60 Å². The van der Waals surface area contributed by atoms with Gasteiger partial charge in [-0.2, -0.15) is 11.8 Å². The molecule has 0 amide bonds. The standard InChI is InChI=1S/C14H27NOS/c1-4-13(2,3)10-12-14(16-8-7-15-12)6-5-9-17-11-14/h12,15H,4-11H2,1-3H3. The van der Waals surface area contributed by atoms with Gasteiger partial charge in [0.05, 0.1) is 12.2 Å². The molecule has 2 unspecified atom stereocenters. The zero-order valence-corrected chi connectivity index (χ0v) is 12.4. The predicted molar refractivity (Wildman–Crippen MR) is 75.7 cm³/mol. The summed E-state index contributed by atoms with van der Waals surface area (Å²) in [6.07, 6.45) is 5.05. The normalized spacial score (nSPS) is 35.1. The van der Waals surface area contributed by atoms with Gasteiger partial charge in [-0.3, -0.25) is 0 Å². The molecule has 2 nitrogen and oxygen atoms in total. The van der Waals surface area contributed by atoms with E-state index in [0.717, 1.165) is 13.2 Å². The number of morpholine rings is 1. The lowest BCUT2D eigenvalue weighted by Crippen LogP contribution is -2.61. The van der Waals surface area contributed by atoms with Gasteiger partial charge in [-0.1, -0.05) is 27.2 Å². The molecular weight excluding hydrogens is 230 g/mol. The van der Waals surface area contributed by atoms with E-state index in [2.05, 4.69) is 37.8 Å². The topological polar surface area (TPSA) is 21.3 Å². The molecule has 0 aromatic rings. The fraction of sp³-hybridized carbons (Fsp3) is 1.00. The number of nitrogens with one attached hydrogen (secondary N) is 1. The number of hydrogen-bond acceptors (Lipinski definition) is 3. The molecule has 0 bridgehead atoms. The fourth-order valence-electron chi connectivity index (χ4n) is 2.91. The lowest BCUT2D eigenvalue weighted by molar-refractivity contribution is -0.0960. The molecule has 1 spiro atoms. The first-order valence-electron chi connectivity index (χ1n) is 7.03. The Labute approximate surface area is 110 Å². The molecule has 100 valence electrons. The van der Waals surface area contributed by atoms with Gasteiger partial charge in [0.15, 0.2) is 0 Å². The first kappa shape index (κ1) is 13.7. The van der Waals surface area contributed by atoms with Crippen molar-refractivity contribution in [1.29, 1.82) is 0 Å². The maximum Gasteiger partial charge on any atom is 0.0925 e. The minimum Gasteiger partial charge on any atom is -0.371 e. The Morgan fingerprint density at radius 3 is 2.94 bits per heavy atom. The van der Waals surface area contributed by atoms with E-state index in [4.69, 9.17) is 4.74 Å². The Bertz CT molecular complexity index is 240. The summed E-state index contributed by atoms with van der Waals surface area (Å²) in [7, 11) is 0. The summed E-state index contributed by atoms with van der Waals surface area (Å²) in [5.74, 6) is 2.50. The van der Waals surface area contributed by atoms with Crippen LogP contribution >= 0.6 is 11.8 Å². The van der Waals surface area contributed by atoms with Gasteiger partial charge in [0.2, 0.25) is 0 Å². The van der Waals surface area contributed by atoms with Crippen LogP contribution in [0.4, 0.5) is 0 Å². The van der Waals surface area contributed by atoms with Crippen molar-refractivity contribution >= 4 is 11.8 Å². The van der Waals surface area contributed by atoms with Crippen LogP contribution in [0.25, 0.3) is 0 Å². The highest BCUT2D eigenvalue weighted by atomic mass is 32.2. The van der Waals surface area contributed by atoms with E-state index in [1.807, 2.05) is 0 Å². The van der Waals surface area contributed by atoms with Gasteiger partial charge < -0.3 is 10.1 Å². The monoisotopic (exact) mass is 257 g/mol. The number of ether oxygens (including phenoxy) is 1. The second-order valence-corrected chi connectivity index (χ2v) is 7.40. The highest BCUT2D eigenvalue weighted by Gasteiger charge is 2.44. The minimum atomic E-state index is 0.133. The van der Waals surface area contributed by atoms with Crippen molar-refractivity contribution in [2.75, 3.05) is 24.7 Å². The summed E-state index contributed by atoms with van der Waals surface area (Å²) >= 11 is 2.07. The van der Waals surface area contributed by atoms with Gasteiger partial charge in [-0.15, -0.1) is 0 Å². The highest BCUT2D eigenvalue weighted by Crippen LogP contribution is 2.39. The maximum absolute atomic E-state index is 6.23. The van der Waals surface area contributed by atoms with E-state index < -0.39 is 0 Å². The van der Waals surface area contributed by atoms with Crippen LogP contribution in [-0.4, -0.2) is 36.3 Å². The Morgan fingerprint density at radius 1 is 1.47 bits per heavy atom. The van der Waals surface area contributed by atoms with Crippen LogP contribution in [0, 0.1) is 5.41 Å². The summed E-state index contributed by atoms with van der Waals surface area (Å²) in [6.45, 7) is 8.98. The fourth-order valence-corrected chi connectivity index (χ4v) is 4.18. The third kappa shape index (κ3) is 3.18. The molecule has 2 heterocycles. The van der Waals surface area contributed by atoms with E-state index >= 15 is 0 Å². The molecule has 2 fully saturated rings. The Hall–Kier alpha value is 0.270. The lowest BCUT2D eigenvalue weighted by Gasteiger charge is -2.48. The molecule has 2 aliphatic heterocycles. The Kier molecular flexibility index (Phi) is 4.43. The van der Waals surface area contributed by atoms with Gasteiger partial charge >= 0.3 is 0 Å². The maximum atomic E-state index is 6.23. The van der Waals surface area contributed by atoms with Crippen molar-refractivity contribution in [3.05, 3.63) is 0 Å². The molecule has 2 rings (SSSR count). The largest absolute Gasteiger partial charge is 0.371 e. The number of hydrogen-bond donors (Lipinski definition) is 1. The van der Waals surface area contributed by atoms with Crippen molar-refractivity contribution in [3.8, 4) is 0 Å². The summed E-state index contributed by atoms with van der Waals surface area (Å²) in [6, 6.07) is 0.555. The van der Waals surface area contributed by atoms with Crippen molar-refractivity contribution in [2.45, 2.75) is 58.1 Å². The van der Waals surface area contributed by atoms with Gasteiger partial charge in [0, 0.05) is 18.3 Å². The minimum absolute atomic E-state index is 0.133. The van der Waals surface area contributed by atoms with Crippen LogP contribution in [0.1, 0.15) is 46.5 Å². The van der Waals surface area contributed by atoms with E-state index in [0.29, 0.717) is 11.5 Å². The van der Waals surface area contributed by atoms with Crippen LogP contribution in [0.5, 0.6) is 0 Å². The quantitative estimate of drug-likeness (QED) is 0.839. The third-order valence-electron chi connectivity index (χ3n) is 4.47. The summed E-state index contributed by atoms with van der Waals surface area (Å²) < 4.78 is 6.23. The van der Waals surface area contributed by atoms with Crippen molar-refractivity contribution < 1.29 is 4.74 Å². The summed E-state index contributed by atoms with van der Waals surface area (Å²) in [5, 5.41) is 3.73. The second kappa shape index (κ2) is 5.50. The first-order chi connectivity index (χ1) is 8.08. The van der Waals surface area contributed by atoms with Crippen LogP contribution in [0.3, 0.4) is 0 Å². The Balaban J connectivity index is 2.06. The van der Waals surface area contributed by atoms with E-state index in [1.165, 1.54) is 37.2 Å². The molecule has 0 saturated carbocycles. The molecule has 0 aromatic carbocycles. The molecular formula is C14H27NOS. The molecule has 2 atom stereocenters. The zero-order valence-electron chi connectivity index (χ0n) is 11.6. The summed E-state index contributed by atoms with van der Waals surface area (Å²) in [5.41, 5.74) is 0.557. The van der Waals surface area contributed by atoms with E-state index in [1.54, 1.807) is 0 Å². The molecule has 2 aliphatic rings. The average Bonchev–Trinajstić information content (AvgIpc) is 2.33. The highest BCUT2D eigenvalue weighted by molar-refractivity contribution is 7.99. The SMILES string of the molecule is CCC(C)(C)CC1NCCOC12CCCSC2. The van der Waals surface area contributed by atoms with Crippen LogP contribution in [0.15, 0.2) is 0 Å². The van der Waals surface area contributed by atoms with Crippen LogP contribution in [-0.2, 0) is 4.74 Å². The molecule has 0 radical (unpaired) electrons. The zero-order chi connectivity index (χ0) is 12.4. The van der Waals surface area contributed by atoms with Gasteiger partial charge in [-0.25, -0.2) is 0 Å². The van der Waals surface area contributed by atoms with Gasteiger partial charge in [0.1, 0.15) is 0 Å². The van der Waals surface area contributed by atoms with Crippen molar-refractivity contribution in [3.63, 3.8) is 0 Å². The first-order valence-corrected chi connectivity index (χ1v) is 8.19. The molecule has 1 N–H and O–H groups in total. The smallest absolute Gasteiger partial charge is 0.0925 e. The number of rotatable bonds is 3. The molecule has 0 aliphatic carbocycles. The van der Waals surface area contributed by atoms with Crippen molar-refractivity contribution in [2.24, 2.45) is 5.41 Å².